The maximum Gasteiger partial charge on any atom is 0.302 e. The number of aryl methyl sites for hydroxylation is 1. The van der Waals surface area contributed by atoms with Crippen LogP contribution in [0.3, 0.4) is 0 Å². The predicted octanol–water partition coefficient (Wildman–Crippen LogP) is 3.00. The molecule has 23 heavy (non-hydrogen) atoms. The molecule has 0 saturated carbocycles. The highest BCUT2D eigenvalue weighted by atomic mass is 35.5. The van der Waals surface area contributed by atoms with Gasteiger partial charge in [-0.3, -0.25) is 10.1 Å². The lowest BCUT2D eigenvalue weighted by molar-refractivity contribution is -0.503. The van der Waals surface area contributed by atoms with Gasteiger partial charge >= 0.3 is 6.17 Å². The molecule has 2 aromatic rings. The van der Waals surface area contributed by atoms with Gasteiger partial charge in [-0.05, 0) is 36.8 Å². The molecule has 3 atom stereocenters. The number of sulfonamides is 1. The van der Waals surface area contributed by atoms with Crippen LogP contribution in [-0.4, -0.2) is 23.8 Å². The van der Waals surface area contributed by atoms with Crippen LogP contribution in [0, 0.1) is 17.0 Å². The van der Waals surface area contributed by atoms with Crippen molar-refractivity contribution in [1.82, 2.24) is 4.31 Å². The van der Waals surface area contributed by atoms with Crippen LogP contribution in [0.4, 0.5) is 0 Å². The third-order valence-corrected chi connectivity index (χ3v) is 5.87. The van der Waals surface area contributed by atoms with E-state index >= 15 is 0 Å². The zero-order chi connectivity index (χ0) is 16.8. The van der Waals surface area contributed by atoms with Gasteiger partial charge in [-0.15, -0.1) is 4.31 Å². The van der Waals surface area contributed by atoms with E-state index in [2.05, 4.69) is 0 Å². The zero-order valence-electron chi connectivity index (χ0n) is 12.1. The Labute approximate surface area is 138 Å². The van der Waals surface area contributed by atoms with E-state index in [4.69, 9.17) is 11.6 Å². The quantitative estimate of drug-likeness (QED) is 0.481. The first-order valence-electron chi connectivity index (χ1n) is 6.81. The average Bonchev–Trinajstić information content (AvgIpc) is 3.25. The second kappa shape index (κ2) is 5.59. The van der Waals surface area contributed by atoms with Crippen LogP contribution in [-0.2, 0) is 10.0 Å². The van der Waals surface area contributed by atoms with Crippen LogP contribution in [0.5, 0.6) is 0 Å². The molecule has 3 rings (SSSR count). The smallest absolute Gasteiger partial charge is 0.263 e. The number of benzene rings is 2. The van der Waals surface area contributed by atoms with Crippen molar-refractivity contribution >= 4 is 21.6 Å². The van der Waals surface area contributed by atoms with Gasteiger partial charge in [0.05, 0.1) is 4.90 Å². The number of nitro groups is 1. The molecule has 0 spiro atoms. The summed E-state index contributed by atoms with van der Waals surface area (Å²) >= 11 is 5.81. The molecule has 1 aliphatic rings. The highest BCUT2D eigenvalue weighted by Gasteiger charge is 2.65. The Hall–Kier alpha value is -1.96. The molecule has 8 heteroatoms. The van der Waals surface area contributed by atoms with E-state index in [0.717, 1.165) is 9.87 Å². The minimum absolute atomic E-state index is 0.0476. The van der Waals surface area contributed by atoms with Gasteiger partial charge in [-0.25, -0.2) is 8.42 Å². The molecule has 0 aromatic heterocycles. The molecule has 1 saturated heterocycles. The van der Waals surface area contributed by atoms with E-state index in [9.17, 15) is 18.5 Å². The van der Waals surface area contributed by atoms with E-state index in [-0.39, 0.29) is 4.90 Å². The van der Waals surface area contributed by atoms with Crippen molar-refractivity contribution in [1.29, 1.82) is 0 Å². The van der Waals surface area contributed by atoms with Crippen molar-refractivity contribution in [3.8, 4) is 0 Å². The Morgan fingerprint density at radius 2 is 1.65 bits per heavy atom. The third-order valence-electron chi connectivity index (χ3n) is 3.75. The lowest BCUT2D eigenvalue weighted by atomic mass is 10.1. The maximum atomic E-state index is 12.7. The molecule has 1 heterocycles. The van der Waals surface area contributed by atoms with Crippen molar-refractivity contribution in [2.45, 2.75) is 24.0 Å². The van der Waals surface area contributed by atoms with Gasteiger partial charge in [0.25, 0.3) is 0 Å². The fraction of sp³-hybridized carbons (Fsp3) is 0.200. The van der Waals surface area contributed by atoms with Gasteiger partial charge in [0, 0.05) is 9.95 Å². The Bertz CT molecular complexity index is 850. The largest absolute Gasteiger partial charge is 0.302 e. The fourth-order valence-corrected chi connectivity index (χ4v) is 4.31. The summed E-state index contributed by atoms with van der Waals surface area (Å²) in [7, 11) is -3.93. The second-order valence-electron chi connectivity index (χ2n) is 5.34. The molecule has 6 nitrogen and oxygen atoms in total. The van der Waals surface area contributed by atoms with Crippen molar-refractivity contribution in [3.63, 3.8) is 0 Å². The van der Waals surface area contributed by atoms with Gasteiger partial charge < -0.3 is 0 Å². The molecule has 0 amide bonds. The van der Waals surface area contributed by atoms with Gasteiger partial charge in [-0.1, -0.05) is 41.4 Å². The standard InChI is InChI=1S/C15H13ClN2O4S/c1-10-2-8-13(9-3-10)23(21,22)17-14(15(17)18(19)20)11-4-6-12(16)7-5-11/h2-9,14-15H,1H3/t14-,15+,17?/m1/s1. The van der Waals surface area contributed by atoms with Crippen LogP contribution in [0.15, 0.2) is 53.4 Å². The fourth-order valence-electron chi connectivity index (χ4n) is 2.51. The zero-order valence-corrected chi connectivity index (χ0v) is 13.7. The van der Waals surface area contributed by atoms with E-state index < -0.39 is 27.2 Å². The molecule has 120 valence electrons. The van der Waals surface area contributed by atoms with Gasteiger partial charge in [-0.2, -0.15) is 0 Å². The highest BCUT2D eigenvalue weighted by molar-refractivity contribution is 7.89. The summed E-state index contributed by atoms with van der Waals surface area (Å²) in [6, 6.07) is 11.8. The monoisotopic (exact) mass is 352 g/mol. The lowest BCUT2D eigenvalue weighted by Gasteiger charge is -2.05. The number of hydrogen-bond donors (Lipinski definition) is 0. The Morgan fingerprint density at radius 1 is 1.09 bits per heavy atom. The van der Waals surface area contributed by atoms with Crippen LogP contribution in [0.1, 0.15) is 17.2 Å². The summed E-state index contributed by atoms with van der Waals surface area (Å²) in [5.74, 6) is 0. The van der Waals surface area contributed by atoms with E-state index in [0.29, 0.717) is 10.6 Å². The lowest BCUT2D eigenvalue weighted by Crippen LogP contribution is -2.18. The van der Waals surface area contributed by atoms with Crippen LogP contribution in [0.2, 0.25) is 5.02 Å². The van der Waals surface area contributed by atoms with Crippen molar-refractivity contribution in [2.24, 2.45) is 0 Å². The number of hydrogen-bond acceptors (Lipinski definition) is 4. The van der Waals surface area contributed by atoms with Crippen molar-refractivity contribution in [3.05, 3.63) is 74.8 Å². The first-order valence-corrected chi connectivity index (χ1v) is 8.63. The SMILES string of the molecule is Cc1ccc(S(=O)(=O)N2[C@H](c3ccc(Cl)cc3)[C@@H]2[N+](=O)[O-])cc1. The first-order chi connectivity index (χ1) is 10.8. The molecule has 0 aliphatic carbocycles. The molecule has 0 bridgehead atoms. The minimum Gasteiger partial charge on any atom is -0.263 e. The number of rotatable bonds is 4. The van der Waals surface area contributed by atoms with Gasteiger partial charge in [0.15, 0.2) is 0 Å². The minimum atomic E-state index is -3.93. The van der Waals surface area contributed by atoms with Crippen LogP contribution < -0.4 is 0 Å². The van der Waals surface area contributed by atoms with Crippen molar-refractivity contribution < 1.29 is 13.3 Å². The average molecular weight is 353 g/mol. The summed E-state index contributed by atoms with van der Waals surface area (Å²) in [5, 5.41) is 11.7. The number of halogens is 1. The Kier molecular flexibility index (Phi) is 3.87. The summed E-state index contributed by atoms with van der Waals surface area (Å²) in [5.41, 5.74) is 1.46. The molecular formula is C15H13ClN2O4S. The molecule has 1 aliphatic heterocycles. The summed E-state index contributed by atoms with van der Waals surface area (Å²) in [6.07, 6.45) is -1.29. The summed E-state index contributed by atoms with van der Waals surface area (Å²) < 4.78 is 26.3. The van der Waals surface area contributed by atoms with Crippen LogP contribution in [0.25, 0.3) is 0 Å². The Morgan fingerprint density at radius 3 is 2.17 bits per heavy atom. The molecular weight excluding hydrogens is 340 g/mol. The van der Waals surface area contributed by atoms with E-state index in [1.807, 2.05) is 6.92 Å². The molecule has 1 fully saturated rings. The Balaban J connectivity index is 1.98. The summed E-state index contributed by atoms with van der Waals surface area (Å²) in [4.78, 5) is 10.7. The molecule has 0 radical (unpaired) electrons. The normalized spacial score (nSPS) is 23.5. The molecule has 2 aromatic carbocycles. The van der Waals surface area contributed by atoms with Gasteiger partial charge in [0.2, 0.25) is 10.0 Å². The van der Waals surface area contributed by atoms with Crippen molar-refractivity contribution in [2.75, 3.05) is 0 Å². The molecule has 0 N–H and O–H groups in total. The number of nitrogens with zero attached hydrogens (tertiary/aromatic N) is 2. The summed E-state index contributed by atoms with van der Waals surface area (Å²) in [6.45, 7) is 1.84. The van der Waals surface area contributed by atoms with E-state index in [1.165, 1.54) is 12.1 Å². The highest BCUT2D eigenvalue weighted by Crippen LogP contribution is 2.47. The predicted molar refractivity (Wildman–Crippen MR) is 85.2 cm³/mol. The van der Waals surface area contributed by atoms with Gasteiger partial charge in [0.1, 0.15) is 6.04 Å². The molecule has 1 unspecified atom stereocenters. The second-order valence-corrected chi connectivity index (χ2v) is 7.62. The topological polar surface area (TPSA) is 80.3 Å². The van der Waals surface area contributed by atoms with E-state index in [1.54, 1.807) is 36.4 Å². The third kappa shape index (κ3) is 2.83. The van der Waals surface area contributed by atoms with Crippen LogP contribution >= 0.6 is 11.6 Å². The first kappa shape index (κ1) is 15.9. The maximum absolute atomic E-state index is 12.7.